The van der Waals surface area contributed by atoms with Crippen molar-refractivity contribution >= 4 is 39.9 Å². The van der Waals surface area contributed by atoms with Gasteiger partial charge in [-0.05, 0) is 60.7 Å². The number of anilines is 2. The molecule has 3 aliphatic rings. The predicted octanol–water partition coefficient (Wildman–Crippen LogP) is 3.81. The summed E-state index contributed by atoms with van der Waals surface area (Å²) in [5.74, 6) is -2.52. The van der Waals surface area contributed by atoms with Crippen LogP contribution >= 0.6 is 0 Å². The average Bonchev–Trinajstić information content (AvgIpc) is 3.44. The summed E-state index contributed by atoms with van der Waals surface area (Å²) in [6.07, 6.45) is 0.808. The van der Waals surface area contributed by atoms with Gasteiger partial charge in [0.1, 0.15) is 11.6 Å². The summed E-state index contributed by atoms with van der Waals surface area (Å²) in [6, 6.07) is 21.8. The highest BCUT2D eigenvalue weighted by Crippen LogP contribution is 2.65. The number of fused-ring (bicyclic) bond motifs is 2. The Morgan fingerprint density at radius 2 is 1.67 bits per heavy atom. The Labute approximate surface area is 227 Å². The molecule has 0 radical (unpaired) electrons. The van der Waals surface area contributed by atoms with Gasteiger partial charge in [-0.25, -0.2) is 0 Å². The average molecular weight is 528 g/mol. The van der Waals surface area contributed by atoms with E-state index in [1.807, 2.05) is 74.5 Å². The Kier molecular flexibility index (Phi) is 6.19. The molecule has 8 nitrogen and oxygen atoms in total. The molecule has 6 atom stereocenters. The van der Waals surface area contributed by atoms with Crippen LogP contribution < -0.4 is 10.6 Å². The van der Waals surface area contributed by atoms with Crippen LogP contribution in [0.15, 0.2) is 72.8 Å². The smallest absolute Gasteiger partial charge is 0.250 e. The van der Waals surface area contributed by atoms with E-state index in [1.54, 1.807) is 12.1 Å². The summed E-state index contributed by atoms with van der Waals surface area (Å²) in [7, 11) is 0. The number of hydrogen-bond donors (Lipinski definition) is 3. The lowest BCUT2D eigenvalue weighted by atomic mass is 9.62. The molecule has 3 amide bonds. The van der Waals surface area contributed by atoms with Crippen LogP contribution in [-0.4, -0.2) is 58.1 Å². The van der Waals surface area contributed by atoms with Crippen LogP contribution in [0.3, 0.4) is 0 Å². The molecular formula is C31H33N3O5. The number of amides is 3. The fraction of sp³-hybridized carbons (Fsp3) is 0.387. The van der Waals surface area contributed by atoms with Crippen molar-refractivity contribution in [3.8, 4) is 0 Å². The molecule has 3 unspecified atom stereocenters. The number of aliphatic hydroxyl groups is 1. The molecule has 3 aromatic rings. The predicted molar refractivity (Wildman–Crippen MR) is 148 cm³/mol. The van der Waals surface area contributed by atoms with Crippen LogP contribution in [0.5, 0.6) is 0 Å². The molecule has 3 aromatic carbocycles. The second-order valence-corrected chi connectivity index (χ2v) is 11.2. The Morgan fingerprint density at radius 1 is 0.974 bits per heavy atom. The maximum atomic E-state index is 14.0. The summed E-state index contributed by atoms with van der Waals surface area (Å²) >= 11 is 0. The summed E-state index contributed by atoms with van der Waals surface area (Å²) in [6.45, 7) is 3.99. The second-order valence-electron chi connectivity index (χ2n) is 11.2. The zero-order valence-electron chi connectivity index (χ0n) is 22.1. The van der Waals surface area contributed by atoms with E-state index in [2.05, 4.69) is 10.6 Å². The largest absolute Gasteiger partial charge is 0.396 e. The minimum atomic E-state index is -1.14. The normalized spacial score (nSPS) is 30.9. The third-order valence-corrected chi connectivity index (χ3v) is 8.96. The maximum Gasteiger partial charge on any atom is 0.250 e. The molecule has 8 heteroatoms. The highest BCUT2D eigenvalue weighted by molar-refractivity contribution is 6.06. The number of carbonyl (C=O) groups is 3. The van der Waals surface area contributed by atoms with Crippen molar-refractivity contribution in [2.24, 2.45) is 17.8 Å². The summed E-state index contributed by atoms with van der Waals surface area (Å²) in [4.78, 5) is 43.3. The van der Waals surface area contributed by atoms with Gasteiger partial charge in [0.05, 0.1) is 17.4 Å². The second kappa shape index (κ2) is 9.47. The number of carbonyl (C=O) groups excluding carboxylic acids is 3. The summed E-state index contributed by atoms with van der Waals surface area (Å²) in [5, 5.41) is 17.6. The number of nitrogens with zero attached hydrogens (tertiary/aromatic N) is 1. The highest BCUT2D eigenvalue weighted by Gasteiger charge is 2.79. The molecule has 3 saturated heterocycles. The van der Waals surface area contributed by atoms with Crippen molar-refractivity contribution in [1.82, 2.24) is 4.90 Å². The van der Waals surface area contributed by atoms with Crippen LogP contribution in [0.1, 0.15) is 26.7 Å². The van der Waals surface area contributed by atoms with E-state index < -0.39 is 29.1 Å². The molecule has 39 heavy (non-hydrogen) atoms. The zero-order chi connectivity index (χ0) is 27.4. The quantitative estimate of drug-likeness (QED) is 0.433. The van der Waals surface area contributed by atoms with Crippen molar-refractivity contribution in [2.45, 2.75) is 43.9 Å². The molecule has 3 aliphatic heterocycles. The SMILES string of the molecule is CC1CC23O[C@]1(C)[C@@H](C(=O)Nc1ccccc1)[C@H]2C(=O)N(CCCO)C3C(=O)Nc1ccc2ccccc2c1. The lowest BCUT2D eigenvalue weighted by Crippen LogP contribution is -2.54. The fourth-order valence-corrected chi connectivity index (χ4v) is 7.14. The van der Waals surface area contributed by atoms with E-state index in [0.717, 1.165) is 10.8 Å². The standard InChI is InChI=1S/C31H33N3O5/c1-19-18-31-25(24(30(19,2)39-31)27(36)32-22-11-4-3-5-12-22)29(38)34(15-8-16-35)26(31)28(37)33-23-14-13-20-9-6-7-10-21(20)17-23/h3-7,9-14,17,19,24-26,35H,8,15-16,18H2,1-2H3,(H,32,36)(H,33,37)/t19?,24-,25+,26?,30+,31?/m1/s1. The summed E-state index contributed by atoms with van der Waals surface area (Å²) < 4.78 is 6.73. The lowest BCUT2D eigenvalue weighted by Gasteiger charge is -2.36. The minimum absolute atomic E-state index is 0.0539. The van der Waals surface area contributed by atoms with Gasteiger partial charge in [-0.15, -0.1) is 0 Å². The van der Waals surface area contributed by atoms with Gasteiger partial charge in [0.25, 0.3) is 0 Å². The van der Waals surface area contributed by atoms with E-state index in [1.165, 1.54) is 4.90 Å². The molecule has 2 bridgehead atoms. The van der Waals surface area contributed by atoms with Gasteiger partial charge in [-0.3, -0.25) is 14.4 Å². The van der Waals surface area contributed by atoms with Gasteiger partial charge in [0, 0.05) is 24.5 Å². The van der Waals surface area contributed by atoms with Gasteiger partial charge in [-0.1, -0.05) is 55.5 Å². The number of likely N-dealkylation sites (tertiary alicyclic amines) is 1. The first-order valence-electron chi connectivity index (χ1n) is 13.6. The zero-order valence-corrected chi connectivity index (χ0v) is 22.1. The third-order valence-electron chi connectivity index (χ3n) is 8.96. The first kappa shape index (κ1) is 25.5. The molecule has 0 aliphatic carbocycles. The van der Waals surface area contributed by atoms with Crippen molar-refractivity contribution in [3.05, 3.63) is 72.8 Å². The van der Waals surface area contributed by atoms with Crippen molar-refractivity contribution in [2.75, 3.05) is 23.8 Å². The van der Waals surface area contributed by atoms with Gasteiger partial charge >= 0.3 is 0 Å². The number of ether oxygens (including phenoxy) is 1. The molecule has 3 fully saturated rings. The molecule has 202 valence electrons. The topological polar surface area (TPSA) is 108 Å². The third kappa shape index (κ3) is 3.93. The number of para-hydroxylation sites is 1. The van der Waals surface area contributed by atoms with Crippen molar-refractivity contribution in [1.29, 1.82) is 0 Å². The number of nitrogens with one attached hydrogen (secondary N) is 2. The fourth-order valence-electron chi connectivity index (χ4n) is 7.14. The van der Waals surface area contributed by atoms with E-state index in [-0.39, 0.29) is 36.8 Å². The van der Waals surface area contributed by atoms with E-state index in [0.29, 0.717) is 24.2 Å². The molecule has 0 saturated carbocycles. The first-order valence-corrected chi connectivity index (χ1v) is 13.6. The number of rotatable bonds is 7. The molecule has 6 rings (SSSR count). The monoisotopic (exact) mass is 527 g/mol. The van der Waals surface area contributed by atoms with Crippen LogP contribution in [0.25, 0.3) is 10.8 Å². The van der Waals surface area contributed by atoms with Gasteiger partial charge in [0.15, 0.2) is 0 Å². The van der Waals surface area contributed by atoms with E-state index >= 15 is 0 Å². The maximum absolute atomic E-state index is 14.0. The Morgan fingerprint density at radius 3 is 2.41 bits per heavy atom. The van der Waals surface area contributed by atoms with Gasteiger partial charge in [-0.2, -0.15) is 0 Å². The van der Waals surface area contributed by atoms with E-state index in [9.17, 15) is 19.5 Å². The molecule has 3 N–H and O–H groups in total. The van der Waals surface area contributed by atoms with Crippen LogP contribution in [-0.2, 0) is 19.1 Å². The molecule has 1 spiro atoms. The number of aliphatic hydroxyl groups excluding tert-OH is 1. The first-order chi connectivity index (χ1) is 18.8. The number of hydrogen-bond acceptors (Lipinski definition) is 5. The van der Waals surface area contributed by atoms with Crippen LogP contribution in [0, 0.1) is 17.8 Å². The van der Waals surface area contributed by atoms with Crippen LogP contribution in [0.2, 0.25) is 0 Å². The molecule has 0 aromatic heterocycles. The Balaban J connectivity index is 1.36. The number of benzene rings is 3. The molecule has 3 heterocycles. The van der Waals surface area contributed by atoms with E-state index in [4.69, 9.17) is 4.74 Å². The van der Waals surface area contributed by atoms with Crippen LogP contribution in [0.4, 0.5) is 11.4 Å². The highest BCUT2D eigenvalue weighted by atomic mass is 16.5. The minimum Gasteiger partial charge on any atom is -0.396 e. The summed E-state index contributed by atoms with van der Waals surface area (Å²) in [5.41, 5.74) is -0.772. The Bertz CT molecular complexity index is 1440. The Hall–Kier alpha value is -3.75. The van der Waals surface area contributed by atoms with Crippen molar-refractivity contribution in [3.63, 3.8) is 0 Å². The lowest BCUT2D eigenvalue weighted by molar-refractivity contribution is -0.144. The molecular weight excluding hydrogens is 494 g/mol. The van der Waals surface area contributed by atoms with Gasteiger partial charge in [0.2, 0.25) is 17.7 Å². The van der Waals surface area contributed by atoms with Crippen molar-refractivity contribution < 1.29 is 24.2 Å². The van der Waals surface area contributed by atoms with Gasteiger partial charge < -0.3 is 25.4 Å².